The summed E-state index contributed by atoms with van der Waals surface area (Å²) in [4.78, 5) is 22.7. The van der Waals surface area contributed by atoms with E-state index >= 15 is 0 Å². The van der Waals surface area contributed by atoms with Crippen molar-refractivity contribution in [3.05, 3.63) is 41.9 Å². The van der Waals surface area contributed by atoms with Gasteiger partial charge in [0.05, 0.1) is 37.4 Å². The van der Waals surface area contributed by atoms with Crippen LogP contribution in [0.2, 0.25) is 0 Å². The Morgan fingerprint density at radius 3 is 2.68 bits per heavy atom. The summed E-state index contributed by atoms with van der Waals surface area (Å²) >= 11 is 0. The van der Waals surface area contributed by atoms with E-state index < -0.39 is 6.03 Å². The number of nitrogens with one attached hydrogen (secondary N) is 3. The molecule has 0 saturated carbocycles. The molecule has 3 rings (SSSR count). The lowest BCUT2D eigenvalue weighted by atomic mass is 10.1. The van der Waals surface area contributed by atoms with Gasteiger partial charge in [0, 0.05) is 25.7 Å². The Labute approximate surface area is 200 Å². The number of amides is 2. The lowest BCUT2D eigenvalue weighted by Gasteiger charge is -2.29. The molecule has 34 heavy (non-hydrogen) atoms. The average molecular weight is 468 g/mol. The number of morpholine rings is 1. The molecule has 1 fully saturated rings. The molecule has 1 atom stereocenters. The molecule has 1 aliphatic heterocycles. The first kappa shape index (κ1) is 25.4. The standard InChI is InChI=1S/C24H33N7O3/c1-17(2)34-22-12-19(6-7-26-18(3)16-31-8-10-33-11-9-31)4-5-21(22)29-24(32)30-23-15-27-20(13-25)14-28-23/h4-5,12,14-15,17-18,26H,6-11,16H2,1-3H3,(H2,28,29,30,32)/t18-/m0/s1. The minimum absolute atomic E-state index is 0.0464. The van der Waals surface area contributed by atoms with Crippen molar-refractivity contribution in [1.82, 2.24) is 20.2 Å². The van der Waals surface area contributed by atoms with Crippen molar-refractivity contribution < 1.29 is 14.3 Å². The third-order valence-electron chi connectivity index (χ3n) is 5.21. The summed E-state index contributed by atoms with van der Waals surface area (Å²) in [6, 6.07) is 7.59. The summed E-state index contributed by atoms with van der Waals surface area (Å²) in [6.07, 6.45) is 3.43. The van der Waals surface area contributed by atoms with Gasteiger partial charge in [0.25, 0.3) is 0 Å². The second-order valence-corrected chi connectivity index (χ2v) is 8.49. The first-order valence-corrected chi connectivity index (χ1v) is 11.6. The van der Waals surface area contributed by atoms with Gasteiger partial charge in [0.15, 0.2) is 11.5 Å². The van der Waals surface area contributed by atoms with Gasteiger partial charge >= 0.3 is 6.03 Å². The molecule has 0 aliphatic carbocycles. The van der Waals surface area contributed by atoms with E-state index in [2.05, 4.69) is 37.7 Å². The Bertz CT molecular complexity index is 970. The Morgan fingerprint density at radius 2 is 2.00 bits per heavy atom. The Hall–Kier alpha value is -3.26. The van der Waals surface area contributed by atoms with E-state index in [9.17, 15) is 4.79 Å². The monoisotopic (exact) mass is 467 g/mol. The molecule has 0 radical (unpaired) electrons. The van der Waals surface area contributed by atoms with Crippen LogP contribution >= 0.6 is 0 Å². The molecule has 1 saturated heterocycles. The summed E-state index contributed by atoms with van der Waals surface area (Å²) in [7, 11) is 0. The van der Waals surface area contributed by atoms with Crippen LogP contribution in [0, 0.1) is 11.3 Å². The Morgan fingerprint density at radius 1 is 1.21 bits per heavy atom. The minimum atomic E-state index is -0.473. The van der Waals surface area contributed by atoms with Gasteiger partial charge in [-0.1, -0.05) is 6.07 Å². The molecule has 2 aromatic rings. The number of aromatic nitrogens is 2. The summed E-state index contributed by atoms with van der Waals surface area (Å²) in [5, 5.41) is 17.8. The third-order valence-corrected chi connectivity index (χ3v) is 5.21. The summed E-state index contributed by atoms with van der Waals surface area (Å²) in [5.74, 6) is 0.853. The largest absolute Gasteiger partial charge is 0.489 e. The summed E-state index contributed by atoms with van der Waals surface area (Å²) < 4.78 is 11.4. The number of nitrogens with zero attached hydrogens (tertiary/aromatic N) is 4. The van der Waals surface area contributed by atoms with Crippen molar-refractivity contribution >= 4 is 17.5 Å². The van der Waals surface area contributed by atoms with E-state index in [1.54, 1.807) is 0 Å². The maximum Gasteiger partial charge on any atom is 0.324 e. The normalized spacial score (nSPS) is 14.9. The van der Waals surface area contributed by atoms with E-state index in [0.717, 1.165) is 51.4 Å². The number of rotatable bonds is 10. The highest BCUT2D eigenvalue weighted by Crippen LogP contribution is 2.27. The Balaban J connectivity index is 1.54. The molecule has 0 unspecified atom stereocenters. The van der Waals surface area contributed by atoms with Crippen LogP contribution in [-0.4, -0.2) is 72.4 Å². The fourth-order valence-corrected chi connectivity index (χ4v) is 3.60. The number of carbonyl (C=O) groups is 1. The van der Waals surface area contributed by atoms with Crippen LogP contribution in [0.1, 0.15) is 32.0 Å². The van der Waals surface area contributed by atoms with Crippen LogP contribution in [0.4, 0.5) is 16.3 Å². The molecular formula is C24H33N7O3. The average Bonchev–Trinajstić information content (AvgIpc) is 2.81. The van der Waals surface area contributed by atoms with Gasteiger partial charge in [-0.25, -0.2) is 14.8 Å². The maximum absolute atomic E-state index is 12.4. The van der Waals surface area contributed by atoms with Gasteiger partial charge < -0.3 is 20.1 Å². The number of anilines is 2. The third kappa shape index (κ3) is 8.26. The number of nitriles is 1. The highest BCUT2D eigenvalue weighted by atomic mass is 16.5. The van der Waals surface area contributed by atoms with Crippen molar-refractivity contribution in [2.45, 2.75) is 39.3 Å². The lowest BCUT2D eigenvalue weighted by Crippen LogP contribution is -2.44. The smallest absolute Gasteiger partial charge is 0.324 e. The lowest BCUT2D eigenvalue weighted by molar-refractivity contribution is 0.0344. The highest BCUT2D eigenvalue weighted by molar-refractivity contribution is 6.00. The zero-order valence-corrected chi connectivity index (χ0v) is 20.0. The van der Waals surface area contributed by atoms with E-state index in [0.29, 0.717) is 17.5 Å². The molecule has 2 heterocycles. The highest BCUT2D eigenvalue weighted by Gasteiger charge is 2.14. The van der Waals surface area contributed by atoms with E-state index in [1.165, 1.54) is 12.4 Å². The fourth-order valence-electron chi connectivity index (χ4n) is 3.60. The number of urea groups is 1. The molecule has 1 aliphatic rings. The predicted molar refractivity (Wildman–Crippen MR) is 130 cm³/mol. The molecule has 1 aromatic heterocycles. The first-order valence-electron chi connectivity index (χ1n) is 11.6. The number of hydrogen-bond donors (Lipinski definition) is 3. The topological polar surface area (TPSA) is 124 Å². The zero-order valence-electron chi connectivity index (χ0n) is 20.0. The van der Waals surface area contributed by atoms with Crippen molar-refractivity contribution in [2.75, 3.05) is 50.0 Å². The molecular weight excluding hydrogens is 434 g/mol. The van der Waals surface area contributed by atoms with Crippen molar-refractivity contribution in [1.29, 1.82) is 5.26 Å². The van der Waals surface area contributed by atoms with Crippen LogP contribution in [0.15, 0.2) is 30.6 Å². The van der Waals surface area contributed by atoms with Crippen LogP contribution in [-0.2, 0) is 11.2 Å². The molecule has 1 aromatic carbocycles. The van der Waals surface area contributed by atoms with E-state index in [4.69, 9.17) is 14.7 Å². The van der Waals surface area contributed by atoms with Gasteiger partial charge in [-0.05, 0) is 51.4 Å². The van der Waals surface area contributed by atoms with Crippen molar-refractivity contribution in [2.24, 2.45) is 0 Å². The maximum atomic E-state index is 12.4. The molecule has 10 heteroatoms. The second kappa shape index (κ2) is 12.8. The number of carbonyl (C=O) groups excluding carboxylic acids is 1. The molecule has 182 valence electrons. The van der Waals surface area contributed by atoms with Gasteiger partial charge in [-0.2, -0.15) is 5.26 Å². The van der Waals surface area contributed by atoms with Crippen LogP contribution < -0.4 is 20.7 Å². The van der Waals surface area contributed by atoms with Crippen LogP contribution in [0.3, 0.4) is 0 Å². The van der Waals surface area contributed by atoms with Crippen molar-refractivity contribution in [3.8, 4) is 11.8 Å². The number of ether oxygens (including phenoxy) is 2. The molecule has 3 N–H and O–H groups in total. The van der Waals surface area contributed by atoms with E-state index in [-0.39, 0.29) is 17.6 Å². The van der Waals surface area contributed by atoms with E-state index in [1.807, 2.05) is 38.1 Å². The quantitative estimate of drug-likeness (QED) is 0.487. The Kier molecular flexibility index (Phi) is 9.58. The first-order chi connectivity index (χ1) is 16.4. The minimum Gasteiger partial charge on any atom is -0.489 e. The van der Waals surface area contributed by atoms with Crippen LogP contribution in [0.5, 0.6) is 5.75 Å². The molecule has 0 spiro atoms. The molecule has 10 nitrogen and oxygen atoms in total. The van der Waals surface area contributed by atoms with Gasteiger partial charge in [-0.15, -0.1) is 0 Å². The predicted octanol–water partition coefficient (Wildman–Crippen LogP) is 2.63. The van der Waals surface area contributed by atoms with Crippen molar-refractivity contribution in [3.63, 3.8) is 0 Å². The summed E-state index contributed by atoms with van der Waals surface area (Å²) in [5.41, 5.74) is 1.86. The number of hydrogen-bond acceptors (Lipinski definition) is 8. The van der Waals surface area contributed by atoms with Gasteiger partial charge in [0.1, 0.15) is 11.8 Å². The molecule has 2 amide bonds. The number of benzene rings is 1. The fraction of sp³-hybridized carbons (Fsp3) is 0.500. The van der Waals surface area contributed by atoms with Crippen LogP contribution in [0.25, 0.3) is 0 Å². The SMILES string of the molecule is CC(C)Oc1cc(CCN[C@@H](C)CN2CCOCC2)ccc1NC(=O)Nc1cnc(C#N)cn1. The van der Waals surface area contributed by atoms with Gasteiger partial charge in [0.2, 0.25) is 0 Å². The molecule has 0 bridgehead atoms. The zero-order chi connectivity index (χ0) is 24.3. The second-order valence-electron chi connectivity index (χ2n) is 8.49. The van der Waals surface area contributed by atoms with Gasteiger partial charge in [-0.3, -0.25) is 10.2 Å². The summed E-state index contributed by atoms with van der Waals surface area (Å²) in [6.45, 7) is 11.5.